The van der Waals surface area contributed by atoms with Gasteiger partial charge in [0.15, 0.2) is 5.01 Å². The van der Waals surface area contributed by atoms with E-state index in [0.29, 0.717) is 17.8 Å². The molecule has 0 aliphatic carbocycles. The molecule has 0 radical (unpaired) electrons. The van der Waals surface area contributed by atoms with E-state index >= 15 is 0 Å². The van der Waals surface area contributed by atoms with Crippen LogP contribution in [-0.2, 0) is 49.7 Å². The lowest BCUT2D eigenvalue weighted by Gasteiger charge is -2.25. The first-order chi connectivity index (χ1) is 33.9. The Bertz CT molecular complexity index is 2940. The molecule has 362 valence electrons. The molecule has 0 saturated carbocycles. The first-order valence-electron chi connectivity index (χ1n) is 23.8. The van der Waals surface area contributed by atoms with Crippen molar-refractivity contribution in [3.05, 3.63) is 160 Å². The second kappa shape index (κ2) is 22.8. The lowest BCUT2D eigenvalue weighted by molar-refractivity contribution is -0.132. The molecule has 1 fully saturated rings. The van der Waals surface area contributed by atoms with Crippen molar-refractivity contribution >= 4 is 68.5 Å². The summed E-state index contributed by atoms with van der Waals surface area (Å²) in [7, 11) is 0. The van der Waals surface area contributed by atoms with Crippen molar-refractivity contribution in [2.24, 2.45) is 11.7 Å². The van der Waals surface area contributed by atoms with Gasteiger partial charge in [-0.3, -0.25) is 28.8 Å². The number of fused-ring (bicyclic) bond motifs is 2. The van der Waals surface area contributed by atoms with Gasteiger partial charge in [0.2, 0.25) is 35.3 Å². The summed E-state index contributed by atoms with van der Waals surface area (Å²) < 4.78 is 0. The van der Waals surface area contributed by atoms with Crippen molar-refractivity contribution < 1.29 is 28.8 Å². The van der Waals surface area contributed by atoms with E-state index < -0.39 is 65.5 Å². The van der Waals surface area contributed by atoms with E-state index in [1.54, 1.807) is 0 Å². The van der Waals surface area contributed by atoms with Crippen molar-refractivity contribution in [2.45, 2.75) is 94.9 Å². The molecule has 15 nitrogen and oxygen atoms in total. The number of aromatic nitrogens is 3. The topological polar surface area (TPSA) is 233 Å². The van der Waals surface area contributed by atoms with E-state index in [2.05, 4.69) is 41.5 Å². The lowest BCUT2D eigenvalue weighted by Crippen LogP contribution is -2.55. The second-order valence-electron chi connectivity index (χ2n) is 18.4. The minimum Gasteiger partial charge on any atom is -0.368 e. The van der Waals surface area contributed by atoms with Crippen LogP contribution in [0.3, 0.4) is 0 Å². The summed E-state index contributed by atoms with van der Waals surface area (Å²) in [6.07, 6.45) is 7.58. The summed E-state index contributed by atoms with van der Waals surface area (Å²) in [5.41, 5.74) is 10.8. The minimum absolute atomic E-state index is 0.0247. The standard InChI is InChI=1S/C54H59N9O6S/c1-32(2)24-45(52(68)61-44(49(55)65)26-34-16-7-4-8-17-34)62-50(66)39(27-35-29-57-40-20-11-9-18-37(35)40)47-31-59-54(70-47)48(64)43(25-33-14-5-3-6-15-33)60-53(69)46(63-51(67)42-22-13-23-56-42)28-36-30-58-41-21-12-10-19-38(36)41/h3-12,14-21,29-32,39,42-46,56-58H,13,22-28H2,1-2H3,(H2,55,65)(H,60,69)(H,61,68)(H,62,66)(H,63,67)/t39-,42-,43-,44-,45-,46+/m0/s1. The van der Waals surface area contributed by atoms with E-state index in [-0.39, 0.29) is 48.9 Å². The van der Waals surface area contributed by atoms with Crippen molar-refractivity contribution in [3.8, 4) is 0 Å². The number of amides is 5. The average Bonchev–Trinajstić information content (AvgIpc) is 4.21. The van der Waals surface area contributed by atoms with Gasteiger partial charge in [-0.2, -0.15) is 0 Å². The van der Waals surface area contributed by atoms with Crippen molar-refractivity contribution in [1.29, 1.82) is 0 Å². The number of nitrogens with zero attached hydrogens (tertiary/aromatic N) is 1. The van der Waals surface area contributed by atoms with Crippen LogP contribution < -0.4 is 32.3 Å². The summed E-state index contributed by atoms with van der Waals surface area (Å²) in [6, 6.07) is 29.4. The fraction of sp³-hybridized carbons (Fsp3) is 0.315. The average molecular weight is 962 g/mol. The summed E-state index contributed by atoms with van der Waals surface area (Å²) in [6.45, 7) is 4.57. The van der Waals surface area contributed by atoms with Crippen LogP contribution in [0.15, 0.2) is 128 Å². The van der Waals surface area contributed by atoms with Crippen LogP contribution in [-0.4, -0.2) is 87.0 Å². The SMILES string of the molecule is CC(C)C[C@H](NC(=O)[C@@H](Cc1c[nH]c2ccccc12)c1cnc(C(=O)[C@H](Cc2ccccc2)NC(=O)[C@@H](Cc2c[nH]c3ccccc23)NC(=O)[C@@H]2CCCN2)s1)C(=O)N[C@@H](Cc1ccccc1)C(N)=O. The molecule has 7 aromatic rings. The maximum atomic E-state index is 14.8. The Morgan fingerprint density at radius 2 is 1.19 bits per heavy atom. The van der Waals surface area contributed by atoms with Gasteiger partial charge in [0.25, 0.3) is 0 Å². The third-order valence-electron chi connectivity index (χ3n) is 12.8. The van der Waals surface area contributed by atoms with E-state index in [4.69, 9.17) is 5.73 Å². The van der Waals surface area contributed by atoms with Crippen molar-refractivity contribution in [1.82, 2.24) is 41.5 Å². The molecule has 0 bridgehead atoms. The number of Topliss-reactive ketones (excluding diaryl/α,β-unsaturated/α-hetero) is 1. The smallest absolute Gasteiger partial charge is 0.243 e. The quantitative estimate of drug-likeness (QED) is 0.0400. The zero-order chi connectivity index (χ0) is 49.1. The fourth-order valence-electron chi connectivity index (χ4n) is 9.12. The molecule has 0 spiro atoms. The molecule has 0 unspecified atom stereocenters. The van der Waals surface area contributed by atoms with Crippen LogP contribution in [0, 0.1) is 5.92 Å². The van der Waals surface area contributed by atoms with E-state index in [9.17, 15) is 28.8 Å². The zero-order valence-corrected chi connectivity index (χ0v) is 40.0. The number of hydrogen-bond donors (Lipinski definition) is 8. The predicted molar refractivity (Wildman–Crippen MR) is 271 cm³/mol. The van der Waals surface area contributed by atoms with Gasteiger partial charge in [-0.15, -0.1) is 11.3 Å². The maximum absolute atomic E-state index is 14.8. The lowest BCUT2D eigenvalue weighted by atomic mass is 9.95. The van der Waals surface area contributed by atoms with Gasteiger partial charge in [0.1, 0.15) is 18.1 Å². The molecule has 8 rings (SSSR count). The summed E-state index contributed by atoms with van der Waals surface area (Å²) in [4.78, 5) is 96.0. The molecule has 4 aromatic carbocycles. The third-order valence-corrected chi connectivity index (χ3v) is 13.9. The van der Waals surface area contributed by atoms with Gasteiger partial charge in [-0.25, -0.2) is 4.98 Å². The minimum atomic E-state index is -1.10. The normalized spacial score (nSPS) is 15.7. The number of H-pyrrole nitrogens is 2. The molecule has 6 atom stereocenters. The van der Waals surface area contributed by atoms with Crippen molar-refractivity contribution in [2.75, 3.05) is 6.54 Å². The number of nitrogens with two attached hydrogens (primary N) is 1. The molecule has 16 heteroatoms. The molecule has 5 amide bonds. The molecule has 9 N–H and O–H groups in total. The number of ketones is 1. The molecular formula is C54H59N9O6S. The Morgan fingerprint density at radius 3 is 1.77 bits per heavy atom. The molecule has 1 saturated heterocycles. The number of carbonyl (C=O) groups excluding carboxylic acids is 6. The highest BCUT2D eigenvalue weighted by Crippen LogP contribution is 2.31. The highest BCUT2D eigenvalue weighted by molar-refractivity contribution is 7.13. The van der Waals surface area contributed by atoms with Crippen LogP contribution in [0.1, 0.15) is 76.0 Å². The first kappa shape index (κ1) is 49.0. The van der Waals surface area contributed by atoms with Gasteiger partial charge < -0.3 is 42.3 Å². The first-order valence-corrected chi connectivity index (χ1v) is 24.6. The highest BCUT2D eigenvalue weighted by atomic mass is 32.1. The number of primary amides is 1. The number of nitrogens with one attached hydrogen (secondary N) is 7. The Balaban J connectivity index is 1.08. The van der Waals surface area contributed by atoms with Gasteiger partial charge in [0, 0.05) is 64.5 Å². The second-order valence-corrected chi connectivity index (χ2v) is 19.5. The molecule has 70 heavy (non-hydrogen) atoms. The molecule has 4 heterocycles. The van der Waals surface area contributed by atoms with Crippen molar-refractivity contribution in [3.63, 3.8) is 0 Å². The number of aromatic amines is 2. The summed E-state index contributed by atoms with van der Waals surface area (Å²) in [5.74, 6) is -3.97. The van der Waals surface area contributed by atoms with Gasteiger partial charge >= 0.3 is 0 Å². The van der Waals surface area contributed by atoms with Crippen LogP contribution in [0.2, 0.25) is 0 Å². The third kappa shape index (κ3) is 12.2. The Hall–Kier alpha value is -7.43. The molecule has 1 aliphatic rings. The Kier molecular flexibility index (Phi) is 16.0. The number of rotatable bonds is 22. The number of thiazole rings is 1. The van der Waals surface area contributed by atoms with E-state index in [1.807, 2.05) is 135 Å². The predicted octanol–water partition coefficient (Wildman–Crippen LogP) is 5.57. The number of hydrogen-bond acceptors (Lipinski definition) is 9. The Labute approximate surface area is 410 Å². The number of para-hydroxylation sites is 2. The largest absolute Gasteiger partial charge is 0.368 e. The van der Waals surface area contributed by atoms with Gasteiger partial charge in [-0.1, -0.05) is 111 Å². The summed E-state index contributed by atoms with van der Waals surface area (Å²) >= 11 is 1.05. The van der Waals surface area contributed by atoms with Crippen LogP contribution in [0.5, 0.6) is 0 Å². The van der Waals surface area contributed by atoms with Gasteiger partial charge in [0.05, 0.1) is 18.0 Å². The van der Waals surface area contributed by atoms with E-state index in [1.165, 1.54) is 6.20 Å². The fourth-order valence-corrected chi connectivity index (χ4v) is 10.1. The summed E-state index contributed by atoms with van der Waals surface area (Å²) in [5, 5.41) is 16.9. The highest BCUT2D eigenvalue weighted by Gasteiger charge is 2.35. The molecule has 1 aliphatic heterocycles. The molecule has 3 aromatic heterocycles. The van der Waals surface area contributed by atoms with Crippen LogP contribution in [0.25, 0.3) is 21.8 Å². The van der Waals surface area contributed by atoms with Crippen LogP contribution in [0.4, 0.5) is 0 Å². The van der Waals surface area contributed by atoms with E-state index in [0.717, 1.165) is 61.8 Å². The maximum Gasteiger partial charge on any atom is 0.243 e. The van der Waals surface area contributed by atoms with Gasteiger partial charge in [-0.05, 0) is 72.5 Å². The monoisotopic (exact) mass is 961 g/mol. The van der Waals surface area contributed by atoms with Crippen LogP contribution >= 0.6 is 11.3 Å². The number of carbonyl (C=O) groups is 6. The molecular weight excluding hydrogens is 903 g/mol. The Morgan fingerprint density at radius 1 is 0.643 bits per heavy atom. The zero-order valence-electron chi connectivity index (χ0n) is 39.2. The number of benzene rings is 4.